The van der Waals surface area contributed by atoms with Crippen molar-refractivity contribution < 1.29 is 4.42 Å². The highest BCUT2D eigenvalue weighted by Crippen LogP contribution is 2.40. The number of rotatable bonds is 3. The lowest BCUT2D eigenvalue weighted by molar-refractivity contribution is 0.657. The lowest BCUT2D eigenvalue weighted by Crippen LogP contribution is -1.94. The summed E-state index contributed by atoms with van der Waals surface area (Å²) in [5.74, 6) is 0. The van der Waals surface area contributed by atoms with Crippen molar-refractivity contribution >= 4 is 65.6 Å². The maximum Gasteiger partial charge on any atom is 0.246 e. The Morgan fingerprint density at radius 1 is 0.478 bits per heavy atom. The van der Waals surface area contributed by atoms with Crippen molar-refractivity contribution in [2.24, 2.45) is 0 Å². The van der Waals surface area contributed by atoms with Gasteiger partial charge < -0.3 is 8.98 Å². The van der Waals surface area contributed by atoms with Gasteiger partial charge in [-0.05, 0) is 57.6 Å². The summed E-state index contributed by atoms with van der Waals surface area (Å²) in [5.41, 5.74) is 9.71. The molecule has 4 heteroatoms. The van der Waals surface area contributed by atoms with Crippen LogP contribution in [-0.4, -0.2) is 14.5 Å². The minimum atomic E-state index is 0.549. The molecule has 0 spiro atoms. The summed E-state index contributed by atoms with van der Waals surface area (Å²) in [5, 5.41) is 8.08. The predicted octanol–water partition coefficient (Wildman–Crippen LogP) is 11.1. The average molecular weight is 588 g/mol. The highest BCUT2D eigenvalue weighted by Gasteiger charge is 2.18. The maximum absolute atomic E-state index is 6.50. The summed E-state index contributed by atoms with van der Waals surface area (Å²) in [7, 11) is 0. The fraction of sp³-hybridized carbons (Fsp3) is 0. The second-order valence-electron chi connectivity index (χ2n) is 11.8. The predicted molar refractivity (Wildman–Crippen MR) is 190 cm³/mol. The number of para-hydroxylation sites is 2. The third-order valence-corrected chi connectivity index (χ3v) is 9.24. The molecular formula is C42H25N3O. The van der Waals surface area contributed by atoms with Crippen LogP contribution in [0.5, 0.6) is 0 Å². The first-order valence-corrected chi connectivity index (χ1v) is 15.5. The van der Waals surface area contributed by atoms with Gasteiger partial charge in [-0.3, -0.25) is 0 Å². The first kappa shape index (κ1) is 25.1. The molecule has 0 bridgehead atoms. The number of fused-ring (bicyclic) bond motifs is 11. The fourth-order valence-corrected chi connectivity index (χ4v) is 7.18. The van der Waals surface area contributed by atoms with E-state index in [0.29, 0.717) is 5.71 Å². The van der Waals surface area contributed by atoms with Crippen molar-refractivity contribution in [1.82, 2.24) is 14.5 Å². The van der Waals surface area contributed by atoms with E-state index < -0.39 is 0 Å². The van der Waals surface area contributed by atoms with E-state index in [9.17, 15) is 0 Å². The van der Waals surface area contributed by atoms with Gasteiger partial charge in [-0.2, -0.15) is 0 Å². The summed E-state index contributed by atoms with van der Waals surface area (Å²) in [6.45, 7) is 0. The molecule has 3 heterocycles. The zero-order chi connectivity index (χ0) is 30.2. The van der Waals surface area contributed by atoms with Gasteiger partial charge >= 0.3 is 0 Å². The van der Waals surface area contributed by atoms with Crippen LogP contribution in [0.3, 0.4) is 0 Å². The average Bonchev–Trinajstić information content (AvgIpc) is 3.68. The van der Waals surface area contributed by atoms with Gasteiger partial charge in [0.1, 0.15) is 11.1 Å². The molecule has 46 heavy (non-hydrogen) atoms. The maximum atomic E-state index is 6.50. The van der Waals surface area contributed by atoms with E-state index in [1.807, 2.05) is 6.20 Å². The smallest absolute Gasteiger partial charge is 0.246 e. The SMILES string of the molecule is c1cc(-c2cccc(-n3c4ccccc4c4ccccc43)c2)cc(-c2cnc3c(n2)oc2c4ccccc4c4ccccc4c32)c1. The van der Waals surface area contributed by atoms with Crippen molar-refractivity contribution in [1.29, 1.82) is 0 Å². The molecule has 214 valence electrons. The summed E-state index contributed by atoms with van der Waals surface area (Å²) in [6.07, 6.45) is 1.87. The van der Waals surface area contributed by atoms with Gasteiger partial charge in [0.2, 0.25) is 5.71 Å². The monoisotopic (exact) mass is 587 g/mol. The van der Waals surface area contributed by atoms with Crippen LogP contribution < -0.4 is 0 Å². The molecular weight excluding hydrogens is 562 g/mol. The van der Waals surface area contributed by atoms with Crippen LogP contribution in [0, 0.1) is 0 Å². The summed E-state index contributed by atoms with van der Waals surface area (Å²) >= 11 is 0. The molecule has 0 fully saturated rings. The van der Waals surface area contributed by atoms with E-state index in [4.69, 9.17) is 14.4 Å². The van der Waals surface area contributed by atoms with Gasteiger partial charge in [0.15, 0.2) is 0 Å². The van der Waals surface area contributed by atoms with Crippen molar-refractivity contribution in [2.45, 2.75) is 0 Å². The topological polar surface area (TPSA) is 43.9 Å². The third kappa shape index (κ3) is 3.61. The molecule has 10 rings (SSSR count). The Bertz CT molecular complexity index is 2770. The van der Waals surface area contributed by atoms with Crippen LogP contribution in [0.4, 0.5) is 0 Å². The Morgan fingerprint density at radius 3 is 1.78 bits per heavy atom. The van der Waals surface area contributed by atoms with Crippen LogP contribution in [0.15, 0.2) is 156 Å². The Balaban J connectivity index is 1.11. The zero-order valence-electron chi connectivity index (χ0n) is 24.7. The molecule has 0 unspecified atom stereocenters. The van der Waals surface area contributed by atoms with E-state index in [2.05, 4.69) is 150 Å². The van der Waals surface area contributed by atoms with Crippen LogP contribution >= 0.6 is 0 Å². The van der Waals surface area contributed by atoms with E-state index in [0.717, 1.165) is 55.3 Å². The van der Waals surface area contributed by atoms with Crippen LogP contribution in [0.1, 0.15) is 0 Å². The first-order valence-electron chi connectivity index (χ1n) is 15.5. The number of furan rings is 1. The Morgan fingerprint density at radius 2 is 1.04 bits per heavy atom. The quantitative estimate of drug-likeness (QED) is 0.193. The molecule has 0 N–H and O–H groups in total. The van der Waals surface area contributed by atoms with Crippen LogP contribution in [0.25, 0.3) is 93.6 Å². The molecule has 0 aliphatic heterocycles. The molecule has 0 atom stereocenters. The van der Waals surface area contributed by atoms with Crippen molar-refractivity contribution in [2.75, 3.05) is 0 Å². The van der Waals surface area contributed by atoms with Crippen molar-refractivity contribution in [3.05, 3.63) is 152 Å². The lowest BCUT2D eigenvalue weighted by Gasteiger charge is -2.11. The van der Waals surface area contributed by atoms with E-state index in [-0.39, 0.29) is 0 Å². The fourth-order valence-electron chi connectivity index (χ4n) is 7.18. The number of hydrogen-bond acceptors (Lipinski definition) is 3. The number of nitrogens with zero attached hydrogens (tertiary/aromatic N) is 3. The molecule has 0 amide bonds. The summed E-state index contributed by atoms with van der Waals surface area (Å²) in [6, 6.07) is 51.3. The standard InChI is InChI=1S/C42H25N3O/c1-3-19-34-30(15-1)31-16-2-4-20-35(31)41-39(34)40-42(46-41)44-36(25-43-40)28-13-9-11-26(23-28)27-12-10-14-29(24-27)45-37-21-7-5-17-32(37)33-18-6-8-22-38(33)45/h1-25H. The molecule has 0 radical (unpaired) electrons. The van der Waals surface area contributed by atoms with Gasteiger partial charge in [0.05, 0.1) is 28.3 Å². The molecule has 0 saturated heterocycles. The number of benzene rings is 7. The van der Waals surface area contributed by atoms with Crippen LogP contribution in [0.2, 0.25) is 0 Å². The number of hydrogen-bond donors (Lipinski definition) is 0. The van der Waals surface area contributed by atoms with E-state index in [1.54, 1.807) is 0 Å². The van der Waals surface area contributed by atoms with Gasteiger partial charge in [-0.15, -0.1) is 0 Å². The molecule has 0 saturated carbocycles. The van der Waals surface area contributed by atoms with Gasteiger partial charge in [-0.1, -0.05) is 115 Å². The number of aromatic nitrogens is 3. The van der Waals surface area contributed by atoms with Crippen molar-refractivity contribution in [3.8, 4) is 28.1 Å². The van der Waals surface area contributed by atoms with Crippen molar-refractivity contribution in [3.63, 3.8) is 0 Å². The Kier molecular flexibility index (Phi) is 5.25. The molecule has 10 aromatic rings. The Hall–Kier alpha value is -6.26. The second kappa shape index (κ2) is 9.62. The summed E-state index contributed by atoms with van der Waals surface area (Å²) < 4.78 is 8.86. The third-order valence-electron chi connectivity index (χ3n) is 9.24. The second-order valence-corrected chi connectivity index (χ2v) is 11.8. The normalized spacial score (nSPS) is 11.9. The minimum Gasteiger partial charge on any atom is -0.436 e. The molecule has 7 aromatic carbocycles. The first-order chi connectivity index (χ1) is 22.8. The Labute approximate surface area is 263 Å². The van der Waals surface area contributed by atoms with Gasteiger partial charge in [0.25, 0.3) is 0 Å². The van der Waals surface area contributed by atoms with E-state index in [1.165, 1.54) is 32.6 Å². The van der Waals surface area contributed by atoms with Gasteiger partial charge in [-0.25, -0.2) is 9.97 Å². The van der Waals surface area contributed by atoms with E-state index >= 15 is 0 Å². The summed E-state index contributed by atoms with van der Waals surface area (Å²) in [4.78, 5) is 9.98. The largest absolute Gasteiger partial charge is 0.436 e. The van der Waals surface area contributed by atoms with Gasteiger partial charge in [0, 0.05) is 27.4 Å². The molecule has 3 aromatic heterocycles. The van der Waals surface area contributed by atoms with Crippen LogP contribution in [-0.2, 0) is 0 Å². The highest BCUT2D eigenvalue weighted by atomic mass is 16.3. The molecule has 0 aliphatic carbocycles. The lowest BCUT2D eigenvalue weighted by atomic mass is 9.98. The molecule has 4 nitrogen and oxygen atoms in total. The minimum absolute atomic E-state index is 0.549. The molecule has 0 aliphatic rings. The zero-order valence-corrected chi connectivity index (χ0v) is 24.7. The highest BCUT2D eigenvalue weighted by molar-refractivity contribution is 6.29.